The number of pyridine rings is 1. The Morgan fingerprint density at radius 1 is 1.24 bits per heavy atom. The van der Waals surface area contributed by atoms with Crippen molar-refractivity contribution in [1.82, 2.24) is 24.9 Å². The van der Waals surface area contributed by atoms with E-state index in [0.717, 1.165) is 34.7 Å². The summed E-state index contributed by atoms with van der Waals surface area (Å²) < 4.78 is 1.89. The smallest absolute Gasteiger partial charge is 0.155 e. The second-order valence-electron chi connectivity index (χ2n) is 6.56. The minimum Gasteiger partial charge on any atom is -0.396 e. The van der Waals surface area contributed by atoms with Crippen molar-refractivity contribution in [1.29, 1.82) is 0 Å². The van der Waals surface area contributed by atoms with E-state index in [1.54, 1.807) is 6.20 Å². The van der Waals surface area contributed by atoms with Crippen molar-refractivity contribution in [3.63, 3.8) is 0 Å². The highest BCUT2D eigenvalue weighted by Crippen LogP contribution is 2.18. The second-order valence-corrected chi connectivity index (χ2v) is 6.56. The minimum atomic E-state index is 0.124. The summed E-state index contributed by atoms with van der Waals surface area (Å²) in [4.78, 5) is 8.84. The van der Waals surface area contributed by atoms with Crippen LogP contribution in [0.3, 0.4) is 0 Å². The van der Waals surface area contributed by atoms with E-state index in [1.807, 2.05) is 41.9 Å². The predicted molar refractivity (Wildman–Crippen MR) is 97.4 cm³/mol. The van der Waals surface area contributed by atoms with E-state index in [-0.39, 0.29) is 18.6 Å². The predicted octanol–water partition coefficient (Wildman–Crippen LogP) is 2.24. The van der Waals surface area contributed by atoms with Crippen LogP contribution in [0.4, 0.5) is 0 Å². The summed E-state index contributed by atoms with van der Waals surface area (Å²) in [6.07, 6.45) is 4.46. The molecule has 2 N–H and O–H groups in total. The van der Waals surface area contributed by atoms with Crippen LogP contribution < -0.4 is 5.32 Å². The van der Waals surface area contributed by atoms with Crippen LogP contribution in [0.25, 0.3) is 5.65 Å². The summed E-state index contributed by atoms with van der Waals surface area (Å²) >= 11 is 0. The largest absolute Gasteiger partial charge is 0.396 e. The van der Waals surface area contributed by atoms with Gasteiger partial charge in [0.05, 0.1) is 5.69 Å². The first-order valence-electron chi connectivity index (χ1n) is 8.64. The fourth-order valence-electron chi connectivity index (χ4n) is 3.07. The highest BCUT2D eigenvalue weighted by atomic mass is 16.3. The molecule has 0 aliphatic heterocycles. The quantitative estimate of drug-likeness (QED) is 0.690. The van der Waals surface area contributed by atoms with Crippen LogP contribution in [-0.2, 0) is 6.42 Å². The molecule has 0 bridgehead atoms. The molecule has 0 aromatic carbocycles. The van der Waals surface area contributed by atoms with Crippen LogP contribution >= 0.6 is 0 Å². The Kier molecular flexibility index (Phi) is 5.40. The summed E-state index contributed by atoms with van der Waals surface area (Å²) in [6.45, 7) is 6.99. The van der Waals surface area contributed by atoms with E-state index in [2.05, 4.69) is 34.2 Å². The molecule has 0 aliphatic rings. The molecule has 2 unspecified atom stereocenters. The molecule has 0 radical (unpaired) electrons. The Bertz CT molecular complexity index is 830. The number of nitrogens with one attached hydrogen (secondary N) is 1. The van der Waals surface area contributed by atoms with Gasteiger partial charge in [0.15, 0.2) is 5.65 Å². The van der Waals surface area contributed by atoms with Gasteiger partial charge in [-0.3, -0.25) is 4.98 Å². The molecule has 2 atom stereocenters. The van der Waals surface area contributed by atoms with Gasteiger partial charge in [0, 0.05) is 54.6 Å². The maximum absolute atomic E-state index is 9.68. The van der Waals surface area contributed by atoms with Crippen molar-refractivity contribution < 1.29 is 5.11 Å². The molecule has 0 spiro atoms. The SMILES string of the molecule is Cc1cc2ncc(C(C)NCC(CO)Cc3ccccn3)c(C)n2n1. The molecule has 0 saturated carbocycles. The van der Waals surface area contributed by atoms with E-state index in [4.69, 9.17) is 0 Å². The van der Waals surface area contributed by atoms with E-state index < -0.39 is 0 Å². The Morgan fingerprint density at radius 3 is 2.80 bits per heavy atom. The lowest BCUT2D eigenvalue weighted by Crippen LogP contribution is -2.30. The topological polar surface area (TPSA) is 75.3 Å². The number of rotatable bonds is 7. The average Bonchev–Trinajstić information content (AvgIpc) is 3.01. The molecule has 3 aromatic rings. The zero-order valence-corrected chi connectivity index (χ0v) is 15.0. The van der Waals surface area contributed by atoms with E-state index >= 15 is 0 Å². The van der Waals surface area contributed by atoms with Crippen molar-refractivity contribution >= 4 is 5.65 Å². The van der Waals surface area contributed by atoms with Gasteiger partial charge < -0.3 is 10.4 Å². The number of hydrogen-bond acceptors (Lipinski definition) is 5. The van der Waals surface area contributed by atoms with Crippen molar-refractivity contribution in [3.8, 4) is 0 Å². The first-order valence-corrected chi connectivity index (χ1v) is 8.64. The molecule has 3 aromatic heterocycles. The fraction of sp³-hybridized carbons (Fsp3) is 0.421. The van der Waals surface area contributed by atoms with Crippen LogP contribution in [0.2, 0.25) is 0 Å². The molecule has 0 aliphatic carbocycles. The van der Waals surface area contributed by atoms with Gasteiger partial charge in [0.1, 0.15) is 0 Å². The molecule has 3 heterocycles. The van der Waals surface area contributed by atoms with E-state index in [1.165, 1.54) is 0 Å². The Hall–Kier alpha value is -2.31. The molecule has 25 heavy (non-hydrogen) atoms. The van der Waals surface area contributed by atoms with E-state index in [0.29, 0.717) is 6.54 Å². The van der Waals surface area contributed by atoms with Crippen molar-refractivity contribution in [2.24, 2.45) is 5.92 Å². The molecule has 0 fully saturated rings. The van der Waals surface area contributed by atoms with Gasteiger partial charge in [0.25, 0.3) is 0 Å². The summed E-state index contributed by atoms with van der Waals surface area (Å²) in [6, 6.07) is 7.97. The maximum atomic E-state index is 9.68. The maximum Gasteiger partial charge on any atom is 0.155 e. The summed E-state index contributed by atoms with van der Waals surface area (Å²) in [5, 5.41) is 17.7. The molecular weight excluding hydrogens is 314 g/mol. The van der Waals surface area contributed by atoms with Gasteiger partial charge >= 0.3 is 0 Å². The minimum absolute atomic E-state index is 0.124. The second kappa shape index (κ2) is 7.72. The Balaban J connectivity index is 1.67. The zero-order chi connectivity index (χ0) is 17.8. The van der Waals surface area contributed by atoms with Crippen LogP contribution in [0.5, 0.6) is 0 Å². The van der Waals surface area contributed by atoms with Crippen LogP contribution in [-0.4, -0.2) is 37.8 Å². The lowest BCUT2D eigenvalue weighted by Gasteiger charge is -2.20. The number of aromatic nitrogens is 4. The normalized spacial score (nSPS) is 13.9. The fourth-order valence-corrected chi connectivity index (χ4v) is 3.07. The number of hydrogen-bond donors (Lipinski definition) is 2. The highest BCUT2D eigenvalue weighted by Gasteiger charge is 2.15. The third kappa shape index (κ3) is 4.03. The summed E-state index contributed by atoms with van der Waals surface area (Å²) in [7, 11) is 0. The summed E-state index contributed by atoms with van der Waals surface area (Å²) in [5.41, 5.74) is 5.04. The van der Waals surface area contributed by atoms with Crippen molar-refractivity contribution in [3.05, 3.63) is 59.3 Å². The third-order valence-electron chi connectivity index (χ3n) is 4.55. The molecule has 132 valence electrons. The third-order valence-corrected chi connectivity index (χ3v) is 4.55. The van der Waals surface area contributed by atoms with Gasteiger partial charge in [-0.15, -0.1) is 0 Å². The van der Waals surface area contributed by atoms with Crippen LogP contribution in [0.15, 0.2) is 36.7 Å². The molecule has 0 saturated heterocycles. The standard InChI is InChI=1S/C19H25N5O/c1-13-8-19-22-11-18(15(3)24(19)23-13)14(2)21-10-16(12-25)9-17-6-4-5-7-20-17/h4-8,11,14,16,21,25H,9-10,12H2,1-3H3. The Morgan fingerprint density at radius 2 is 2.08 bits per heavy atom. The van der Waals surface area contributed by atoms with Gasteiger partial charge in [-0.1, -0.05) is 6.07 Å². The van der Waals surface area contributed by atoms with Gasteiger partial charge in [-0.2, -0.15) is 5.10 Å². The number of aliphatic hydroxyl groups is 1. The molecule has 0 amide bonds. The molecular formula is C19H25N5O. The average molecular weight is 339 g/mol. The summed E-state index contributed by atoms with van der Waals surface area (Å²) in [5.74, 6) is 0.126. The first-order chi connectivity index (χ1) is 12.1. The number of aliphatic hydroxyl groups excluding tert-OH is 1. The highest BCUT2D eigenvalue weighted by molar-refractivity contribution is 5.42. The molecule has 3 rings (SSSR count). The first kappa shape index (κ1) is 17.5. The lowest BCUT2D eigenvalue weighted by molar-refractivity contribution is 0.218. The molecule has 6 heteroatoms. The number of nitrogens with zero attached hydrogens (tertiary/aromatic N) is 4. The Labute approximate surface area is 147 Å². The van der Waals surface area contributed by atoms with Gasteiger partial charge in [0.2, 0.25) is 0 Å². The van der Waals surface area contributed by atoms with E-state index in [9.17, 15) is 5.11 Å². The van der Waals surface area contributed by atoms with Crippen LogP contribution in [0, 0.1) is 19.8 Å². The molecule has 6 nitrogen and oxygen atoms in total. The number of fused-ring (bicyclic) bond motifs is 1. The lowest BCUT2D eigenvalue weighted by atomic mass is 10.0. The van der Waals surface area contributed by atoms with Crippen LogP contribution in [0.1, 0.15) is 35.6 Å². The van der Waals surface area contributed by atoms with Crippen molar-refractivity contribution in [2.75, 3.05) is 13.2 Å². The van der Waals surface area contributed by atoms with Crippen molar-refractivity contribution in [2.45, 2.75) is 33.2 Å². The zero-order valence-electron chi connectivity index (χ0n) is 15.0. The van der Waals surface area contributed by atoms with Gasteiger partial charge in [-0.25, -0.2) is 9.50 Å². The monoisotopic (exact) mass is 339 g/mol. The van der Waals surface area contributed by atoms with Gasteiger partial charge in [-0.05, 0) is 45.2 Å². The number of aryl methyl sites for hydroxylation is 2.